The maximum absolute atomic E-state index is 11.4. The summed E-state index contributed by atoms with van der Waals surface area (Å²) in [5.74, 6) is -0.513. The van der Waals surface area contributed by atoms with E-state index in [1.54, 1.807) is 0 Å². The van der Waals surface area contributed by atoms with Crippen LogP contribution in [-0.4, -0.2) is 31.6 Å². The molecule has 1 aliphatic carbocycles. The zero-order valence-corrected chi connectivity index (χ0v) is 12.2. The fraction of sp³-hybridized carbons (Fsp3) is 0.800. The van der Waals surface area contributed by atoms with Crippen molar-refractivity contribution in [2.45, 2.75) is 52.2 Å². The summed E-state index contributed by atoms with van der Waals surface area (Å²) in [4.78, 5) is 11.4. The molecule has 2 rings (SSSR count). The third-order valence-electron chi connectivity index (χ3n) is 3.93. The fourth-order valence-electron chi connectivity index (χ4n) is 2.59. The van der Waals surface area contributed by atoms with E-state index in [9.17, 15) is 4.79 Å². The smallest absolute Gasteiger partial charge is 0.308 e. The minimum Gasteiger partial charge on any atom is -0.461 e. The number of ether oxygens (including phenoxy) is 3. The second kappa shape index (κ2) is 6.06. The molecule has 1 saturated carbocycles. The molecule has 2 fully saturated rings. The van der Waals surface area contributed by atoms with Crippen molar-refractivity contribution in [2.24, 2.45) is 5.92 Å². The van der Waals surface area contributed by atoms with E-state index in [0.717, 1.165) is 25.7 Å². The van der Waals surface area contributed by atoms with Crippen molar-refractivity contribution >= 4 is 5.97 Å². The maximum Gasteiger partial charge on any atom is 0.308 e. The standard InChI is InChI=1S/C15H24O4/c1-11(2)14(16)17-10-12(3)13-4-6-15(7-5-13)18-8-9-19-15/h11H,4-10H2,1-3H3. The van der Waals surface area contributed by atoms with Gasteiger partial charge in [-0.05, 0) is 25.3 Å². The van der Waals surface area contributed by atoms with Crippen molar-refractivity contribution in [3.05, 3.63) is 11.1 Å². The summed E-state index contributed by atoms with van der Waals surface area (Å²) in [5.41, 5.74) is 2.57. The summed E-state index contributed by atoms with van der Waals surface area (Å²) in [6, 6.07) is 0. The molecular weight excluding hydrogens is 244 g/mol. The van der Waals surface area contributed by atoms with Crippen LogP contribution in [0.1, 0.15) is 46.5 Å². The van der Waals surface area contributed by atoms with E-state index >= 15 is 0 Å². The summed E-state index contributed by atoms with van der Waals surface area (Å²) in [6.45, 7) is 7.60. The lowest BCUT2D eigenvalue weighted by Crippen LogP contribution is -2.33. The Balaban J connectivity index is 1.84. The average molecular weight is 268 g/mol. The quantitative estimate of drug-likeness (QED) is 0.583. The summed E-state index contributed by atoms with van der Waals surface area (Å²) in [7, 11) is 0. The normalized spacial score (nSPS) is 22.0. The molecule has 0 amide bonds. The SMILES string of the molecule is CC(COC(=O)C(C)C)=C1CCC2(CC1)OCCO2. The van der Waals surface area contributed by atoms with Crippen molar-refractivity contribution < 1.29 is 19.0 Å². The van der Waals surface area contributed by atoms with Crippen LogP contribution in [0.25, 0.3) is 0 Å². The number of allylic oxidation sites excluding steroid dienone is 1. The highest BCUT2D eigenvalue weighted by Gasteiger charge is 2.39. The molecule has 1 aliphatic heterocycles. The number of carbonyl (C=O) groups excluding carboxylic acids is 1. The number of hydrogen-bond acceptors (Lipinski definition) is 4. The zero-order chi connectivity index (χ0) is 13.9. The van der Waals surface area contributed by atoms with Gasteiger partial charge in [0.25, 0.3) is 0 Å². The fourth-order valence-corrected chi connectivity index (χ4v) is 2.59. The van der Waals surface area contributed by atoms with E-state index in [1.165, 1.54) is 11.1 Å². The third-order valence-corrected chi connectivity index (χ3v) is 3.93. The zero-order valence-electron chi connectivity index (χ0n) is 12.2. The molecule has 1 heterocycles. The molecule has 108 valence electrons. The first kappa shape index (κ1) is 14.5. The molecule has 0 aromatic carbocycles. The van der Waals surface area contributed by atoms with Crippen LogP contribution in [0, 0.1) is 5.92 Å². The second-order valence-corrected chi connectivity index (χ2v) is 5.75. The van der Waals surface area contributed by atoms with E-state index in [2.05, 4.69) is 6.92 Å². The largest absolute Gasteiger partial charge is 0.461 e. The van der Waals surface area contributed by atoms with Crippen LogP contribution in [0.5, 0.6) is 0 Å². The van der Waals surface area contributed by atoms with Crippen LogP contribution >= 0.6 is 0 Å². The predicted octanol–water partition coefficient (Wildman–Crippen LogP) is 2.82. The highest BCUT2D eigenvalue weighted by molar-refractivity contribution is 5.71. The lowest BCUT2D eigenvalue weighted by atomic mass is 9.87. The van der Waals surface area contributed by atoms with Gasteiger partial charge < -0.3 is 14.2 Å². The van der Waals surface area contributed by atoms with Crippen LogP contribution in [0.3, 0.4) is 0 Å². The van der Waals surface area contributed by atoms with Gasteiger partial charge in [-0.1, -0.05) is 19.4 Å². The minimum atomic E-state index is -0.321. The predicted molar refractivity (Wildman–Crippen MR) is 71.6 cm³/mol. The molecule has 0 aromatic rings. The molecule has 0 radical (unpaired) electrons. The Morgan fingerprint density at radius 3 is 2.37 bits per heavy atom. The molecule has 0 unspecified atom stereocenters. The molecule has 0 N–H and O–H groups in total. The Hall–Kier alpha value is -0.870. The summed E-state index contributed by atoms with van der Waals surface area (Å²) in [5, 5.41) is 0. The Kier molecular flexibility index (Phi) is 4.63. The van der Waals surface area contributed by atoms with Crippen molar-refractivity contribution in [3.63, 3.8) is 0 Å². The van der Waals surface area contributed by atoms with Crippen LogP contribution in [0.4, 0.5) is 0 Å². The van der Waals surface area contributed by atoms with Gasteiger partial charge in [0.1, 0.15) is 6.61 Å². The first-order valence-electron chi connectivity index (χ1n) is 7.14. The molecule has 1 saturated heterocycles. The van der Waals surface area contributed by atoms with E-state index in [0.29, 0.717) is 19.8 Å². The van der Waals surface area contributed by atoms with Crippen LogP contribution in [0.2, 0.25) is 0 Å². The highest BCUT2D eigenvalue weighted by Crippen LogP contribution is 2.38. The summed E-state index contributed by atoms with van der Waals surface area (Å²) in [6.07, 6.45) is 3.78. The summed E-state index contributed by atoms with van der Waals surface area (Å²) >= 11 is 0. The number of esters is 1. The van der Waals surface area contributed by atoms with Gasteiger partial charge in [0.05, 0.1) is 19.1 Å². The second-order valence-electron chi connectivity index (χ2n) is 5.75. The minimum absolute atomic E-state index is 0.0623. The Bertz CT molecular complexity index is 352. The molecular formula is C15H24O4. The van der Waals surface area contributed by atoms with Crippen molar-refractivity contribution in [1.29, 1.82) is 0 Å². The van der Waals surface area contributed by atoms with Crippen molar-refractivity contribution in [2.75, 3.05) is 19.8 Å². The highest BCUT2D eigenvalue weighted by atomic mass is 16.7. The Morgan fingerprint density at radius 2 is 1.84 bits per heavy atom. The van der Waals surface area contributed by atoms with Gasteiger partial charge in [-0.25, -0.2) is 0 Å². The van der Waals surface area contributed by atoms with Gasteiger partial charge >= 0.3 is 5.97 Å². The molecule has 4 heteroatoms. The van der Waals surface area contributed by atoms with Crippen molar-refractivity contribution in [3.8, 4) is 0 Å². The molecule has 0 atom stereocenters. The lowest BCUT2D eigenvalue weighted by Gasteiger charge is -2.33. The maximum atomic E-state index is 11.4. The molecule has 2 aliphatic rings. The summed E-state index contributed by atoms with van der Waals surface area (Å²) < 4.78 is 16.7. The van der Waals surface area contributed by atoms with Crippen LogP contribution < -0.4 is 0 Å². The molecule has 4 nitrogen and oxygen atoms in total. The van der Waals surface area contributed by atoms with Gasteiger partial charge in [-0.3, -0.25) is 4.79 Å². The van der Waals surface area contributed by atoms with E-state index in [1.807, 2.05) is 13.8 Å². The average Bonchev–Trinajstić information content (AvgIpc) is 2.84. The van der Waals surface area contributed by atoms with Crippen LogP contribution in [-0.2, 0) is 19.0 Å². The van der Waals surface area contributed by atoms with Gasteiger partial charge in [0, 0.05) is 12.8 Å². The van der Waals surface area contributed by atoms with E-state index in [-0.39, 0.29) is 17.7 Å². The van der Waals surface area contributed by atoms with Crippen molar-refractivity contribution in [1.82, 2.24) is 0 Å². The number of carbonyl (C=O) groups is 1. The van der Waals surface area contributed by atoms with E-state index in [4.69, 9.17) is 14.2 Å². The molecule has 0 bridgehead atoms. The molecule has 0 aromatic heterocycles. The van der Waals surface area contributed by atoms with E-state index < -0.39 is 0 Å². The van der Waals surface area contributed by atoms with Gasteiger partial charge in [-0.15, -0.1) is 0 Å². The monoisotopic (exact) mass is 268 g/mol. The van der Waals surface area contributed by atoms with Gasteiger partial charge in [0.2, 0.25) is 0 Å². The Morgan fingerprint density at radius 1 is 1.26 bits per heavy atom. The van der Waals surface area contributed by atoms with Crippen LogP contribution in [0.15, 0.2) is 11.1 Å². The third kappa shape index (κ3) is 3.57. The first-order valence-corrected chi connectivity index (χ1v) is 7.14. The molecule has 19 heavy (non-hydrogen) atoms. The number of rotatable bonds is 3. The topological polar surface area (TPSA) is 44.8 Å². The van der Waals surface area contributed by atoms with Gasteiger partial charge in [-0.2, -0.15) is 0 Å². The lowest BCUT2D eigenvalue weighted by molar-refractivity contribution is -0.171. The number of hydrogen-bond donors (Lipinski definition) is 0. The first-order chi connectivity index (χ1) is 9.02. The molecule has 1 spiro atoms. The van der Waals surface area contributed by atoms with Gasteiger partial charge in [0.15, 0.2) is 5.79 Å². The Labute approximate surface area is 115 Å².